The topological polar surface area (TPSA) is 12.0 Å². The number of hydrogen-bond acceptors (Lipinski definition) is 1. The zero-order valence-electron chi connectivity index (χ0n) is 11.0. The monoisotopic (exact) mass is 377 g/mol. The van der Waals surface area contributed by atoms with Gasteiger partial charge in [-0.25, -0.2) is 0 Å². The van der Waals surface area contributed by atoms with Crippen LogP contribution >= 0.6 is 27.5 Å². The molecule has 6 heteroatoms. The van der Waals surface area contributed by atoms with Gasteiger partial charge in [0.05, 0.1) is 5.56 Å². The van der Waals surface area contributed by atoms with E-state index in [-0.39, 0.29) is 11.7 Å². The molecule has 1 unspecified atom stereocenters. The van der Waals surface area contributed by atoms with E-state index < -0.39 is 11.7 Å². The van der Waals surface area contributed by atoms with Crippen LogP contribution in [-0.4, -0.2) is 0 Å². The fourth-order valence-corrected chi connectivity index (χ4v) is 2.53. The quantitative estimate of drug-likeness (QED) is 0.661. The van der Waals surface area contributed by atoms with Crippen molar-refractivity contribution in [1.82, 2.24) is 0 Å². The molecule has 1 atom stereocenters. The fourth-order valence-electron chi connectivity index (χ4n) is 1.97. The Kier molecular flexibility index (Phi) is 4.84. The van der Waals surface area contributed by atoms with Crippen molar-refractivity contribution in [1.29, 1.82) is 0 Å². The Bertz CT molecular complexity index is 643. The van der Waals surface area contributed by atoms with E-state index in [0.29, 0.717) is 9.50 Å². The van der Waals surface area contributed by atoms with Gasteiger partial charge in [0, 0.05) is 21.2 Å². The van der Waals surface area contributed by atoms with Gasteiger partial charge >= 0.3 is 6.18 Å². The number of alkyl halides is 3. The Morgan fingerprint density at radius 2 is 1.86 bits per heavy atom. The molecule has 0 aliphatic rings. The second kappa shape index (κ2) is 6.28. The van der Waals surface area contributed by atoms with Gasteiger partial charge in [0.2, 0.25) is 0 Å². The highest BCUT2D eigenvalue weighted by molar-refractivity contribution is 9.10. The first-order valence-electron chi connectivity index (χ1n) is 6.16. The summed E-state index contributed by atoms with van der Waals surface area (Å²) in [5.74, 6) is 0. The SMILES string of the molecule is CC(Nc1ccc(Br)cc1C(F)(F)F)c1cccc(Cl)c1. The highest BCUT2D eigenvalue weighted by Crippen LogP contribution is 2.37. The van der Waals surface area contributed by atoms with Crippen LogP contribution in [0, 0.1) is 0 Å². The lowest BCUT2D eigenvalue weighted by molar-refractivity contribution is -0.137. The first-order valence-corrected chi connectivity index (χ1v) is 7.33. The van der Waals surface area contributed by atoms with Crippen LogP contribution in [0.1, 0.15) is 24.1 Å². The van der Waals surface area contributed by atoms with E-state index in [9.17, 15) is 13.2 Å². The molecule has 1 nitrogen and oxygen atoms in total. The predicted molar refractivity (Wildman–Crippen MR) is 82.6 cm³/mol. The molecule has 2 rings (SSSR count). The fraction of sp³-hybridized carbons (Fsp3) is 0.200. The highest BCUT2D eigenvalue weighted by atomic mass is 79.9. The van der Waals surface area contributed by atoms with Gasteiger partial charge in [-0.15, -0.1) is 0 Å². The van der Waals surface area contributed by atoms with Crippen LogP contribution in [0.3, 0.4) is 0 Å². The van der Waals surface area contributed by atoms with E-state index >= 15 is 0 Å². The maximum Gasteiger partial charge on any atom is 0.418 e. The number of benzene rings is 2. The summed E-state index contributed by atoms with van der Waals surface area (Å²) >= 11 is 8.97. The van der Waals surface area contributed by atoms with Gasteiger partial charge in [-0.3, -0.25) is 0 Å². The Labute approximate surface area is 134 Å². The lowest BCUT2D eigenvalue weighted by atomic mass is 10.1. The van der Waals surface area contributed by atoms with Crippen LogP contribution in [0.25, 0.3) is 0 Å². The molecule has 0 fully saturated rings. The Hall–Kier alpha value is -1.20. The maximum absolute atomic E-state index is 13.1. The summed E-state index contributed by atoms with van der Waals surface area (Å²) in [7, 11) is 0. The molecule has 0 saturated carbocycles. The van der Waals surface area contributed by atoms with Gasteiger partial charge in [0.1, 0.15) is 0 Å². The van der Waals surface area contributed by atoms with E-state index in [1.165, 1.54) is 6.07 Å². The highest BCUT2D eigenvalue weighted by Gasteiger charge is 2.34. The average molecular weight is 379 g/mol. The third kappa shape index (κ3) is 4.14. The second-order valence-corrected chi connectivity index (χ2v) is 5.96. The number of halogens is 5. The molecule has 2 aromatic carbocycles. The zero-order valence-corrected chi connectivity index (χ0v) is 13.4. The van der Waals surface area contributed by atoms with Crippen molar-refractivity contribution in [2.45, 2.75) is 19.1 Å². The third-order valence-electron chi connectivity index (χ3n) is 3.01. The van der Waals surface area contributed by atoms with Crippen molar-refractivity contribution >= 4 is 33.2 Å². The first kappa shape index (κ1) is 16.2. The van der Waals surface area contributed by atoms with Crippen molar-refractivity contribution < 1.29 is 13.2 Å². The number of hydrogen-bond donors (Lipinski definition) is 1. The van der Waals surface area contributed by atoms with Crippen LogP contribution in [-0.2, 0) is 6.18 Å². The average Bonchev–Trinajstić information content (AvgIpc) is 2.39. The molecule has 2 aromatic rings. The largest absolute Gasteiger partial charge is 0.418 e. The van der Waals surface area contributed by atoms with Gasteiger partial charge < -0.3 is 5.32 Å². The molecule has 0 aliphatic carbocycles. The maximum atomic E-state index is 13.1. The van der Waals surface area contributed by atoms with Crippen molar-refractivity contribution in [3.8, 4) is 0 Å². The van der Waals surface area contributed by atoms with Crippen LogP contribution in [0.4, 0.5) is 18.9 Å². The van der Waals surface area contributed by atoms with E-state index in [4.69, 9.17) is 11.6 Å². The summed E-state index contributed by atoms with van der Waals surface area (Å²) in [6, 6.07) is 10.8. The van der Waals surface area contributed by atoms with Gasteiger partial charge in [-0.2, -0.15) is 13.2 Å². The summed E-state index contributed by atoms with van der Waals surface area (Å²) in [5, 5.41) is 3.44. The Morgan fingerprint density at radius 1 is 1.14 bits per heavy atom. The van der Waals surface area contributed by atoms with Crippen molar-refractivity contribution in [3.63, 3.8) is 0 Å². The predicted octanol–water partition coefficient (Wildman–Crippen LogP) is 6.29. The molecule has 0 radical (unpaired) electrons. The van der Waals surface area contributed by atoms with E-state index in [2.05, 4.69) is 21.2 Å². The molecule has 0 aromatic heterocycles. The minimum absolute atomic E-state index is 0.0400. The number of nitrogens with one attached hydrogen (secondary N) is 1. The summed E-state index contributed by atoms with van der Waals surface area (Å²) < 4.78 is 39.6. The molecule has 0 bridgehead atoms. The Balaban J connectivity index is 2.31. The van der Waals surface area contributed by atoms with Gasteiger partial charge in [0.15, 0.2) is 0 Å². The molecule has 1 N–H and O–H groups in total. The summed E-state index contributed by atoms with van der Waals surface area (Å²) in [4.78, 5) is 0. The molecule has 0 spiro atoms. The zero-order chi connectivity index (χ0) is 15.6. The minimum atomic E-state index is -4.42. The molecular formula is C15H12BrClF3N. The molecular weight excluding hydrogens is 367 g/mol. The van der Waals surface area contributed by atoms with E-state index in [1.807, 2.05) is 6.07 Å². The molecule has 0 aliphatic heterocycles. The lowest BCUT2D eigenvalue weighted by Crippen LogP contribution is -2.13. The molecule has 21 heavy (non-hydrogen) atoms. The second-order valence-electron chi connectivity index (χ2n) is 4.61. The lowest BCUT2D eigenvalue weighted by Gasteiger charge is -2.20. The minimum Gasteiger partial charge on any atom is -0.378 e. The van der Waals surface area contributed by atoms with Gasteiger partial charge in [-0.1, -0.05) is 39.7 Å². The molecule has 112 valence electrons. The van der Waals surface area contributed by atoms with Crippen molar-refractivity contribution in [2.75, 3.05) is 5.32 Å². The van der Waals surface area contributed by atoms with Crippen LogP contribution in [0.5, 0.6) is 0 Å². The summed E-state index contributed by atoms with van der Waals surface area (Å²) in [5.41, 5.74) is 0.155. The molecule has 0 heterocycles. The van der Waals surface area contributed by atoms with Crippen molar-refractivity contribution in [3.05, 3.63) is 63.1 Å². The summed E-state index contributed by atoms with van der Waals surface area (Å²) in [6.07, 6.45) is -4.42. The van der Waals surface area contributed by atoms with Crippen LogP contribution < -0.4 is 5.32 Å². The van der Waals surface area contributed by atoms with Crippen LogP contribution in [0.15, 0.2) is 46.9 Å². The molecule has 0 saturated heterocycles. The standard InChI is InChI=1S/C15H12BrClF3N/c1-9(10-3-2-4-12(17)7-10)21-14-6-5-11(16)8-13(14)15(18,19)20/h2-9,21H,1H3. The van der Waals surface area contributed by atoms with Gasteiger partial charge in [0.25, 0.3) is 0 Å². The summed E-state index contributed by atoms with van der Waals surface area (Å²) in [6.45, 7) is 1.79. The van der Waals surface area contributed by atoms with Gasteiger partial charge in [-0.05, 0) is 42.8 Å². The molecule has 0 amide bonds. The third-order valence-corrected chi connectivity index (χ3v) is 3.74. The number of anilines is 1. The van der Waals surface area contributed by atoms with E-state index in [0.717, 1.165) is 11.6 Å². The first-order chi connectivity index (χ1) is 9.77. The number of rotatable bonds is 3. The van der Waals surface area contributed by atoms with Crippen LogP contribution in [0.2, 0.25) is 5.02 Å². The Morgan fingerprint density at radius 3 is 2.48 bits per heavy atom. The van der Waals surface area contributed by atoms with E-state index in [1.54, 1.807) is 31.2 Å². The normalized spacial score (nSPS) is 13.0. The van der Waals surface area contributed by atoms with Crippen molar-refractivity contribution in [2.24, 2.45) is 0 Å². The smallest absolute Gasteiger partial charge is 0.378 e.